The molecular formula is C26H32N4O2S. The van der Waals surface area contributed by atoms with Gasteiger partial charge in [-0.3, -0.25) is 4.79 Å². The van der Waals surface area contributed by atoms with Gasteiger partial charge in [-0.15, -0.1) is 11.3 Å². The van der Waals surface area contributed by atoms with E-state index in [4.69, 9.17) is 14.7 Å². The van der Waals surface area contributed by atoms with E-state index in [0.717, 1.165) is 54.4 Å². The minimum Gasteiger partial charge on any atom is -0.497 e. The molecule has 0 bridgehead atoms. The molecule has 1 saturated heterocycles. The summed E-state index contributed by atoms with van der Waals surface area (Å²) in [4.78, 5) is 26.6. The fourth-order valence-corrected chi connectivity index (χ4v) is 5.62. The van der Waals surface area contributed by atoms with E-state index in [9.17, 15) is 4.79 Å². The van der Waals surface area contributed by atoms with Gasteiger partial charge in [-0.25, -0.2) is 9.97 Å². The second kappa shape index (κ2) is 9.29. The highest BCUT2D eigenvalue weighted by Crippen LogP contribution is 2.39. The average molecular weight is 465 g/mol. The summed E-state index contributed by atoms with van der Waals surface area (Å²) in [5, 5.41) is 6.57. The molecule has 1 aromatic carbocycles. The summed E-state index contributed by atoms with van der Waals surface area (Å²) in [5.41, 5.74) is 2.17. The maximum Gasteiger partial charge on any atom is 0.223 e. The molecule has 174 valence electrons. The van der Waals surface area contributed by atoms with Crippen molar-refractivity contribution < 1.29 is 9.53 Å². The van der Waals surface area contributed by atoms with E-state index in [0.29, 0.717) is 5.92 Å². The molecule has 5 rings (SSSR count). The second-order valence-corrected chi connectivity index (χ2v) is 10.4. The number of carbonyl (C=O) groups is 1. The number of hydrogen-bond acceptors (Lipinski definition) is 6. The SMILES string of the molecule is COc1ccc([C@@H](C)NC(=O)C2CCN(c3nc(C4CCC4)nc4csc(C)c34)CC2)cc1. The predicted octanol–water partition coefficient (Wildman–Crippen LogP) is 5.37. The van der Waals surface area contributed by atoms with E-state index in [2.05, 4.69) is 22.5 Å². The number of amides is 1. The molecule has 0 radical (unpaired) electrons. The normalized spacial score (nSPS) is 18.2. The largest absolute Gasteiger partial charge is 0.497 e. The first-order valence-electron chi connectivity index (χ1n) is 12.0. The summed E-state index contributed by atoms with van der Waals surface area (Å²) in [6, 6.07) is 7.86. The van der Waals surface area contributed by atoms with Crippen LogP contribution < -0.4 is 15.0 Å². The molecule has 1 aliphatic heterocycles. The molecule has 3 heterocycles. The maximum atomic E-state index is 13.0. The van der Waals surface area contributed by atoms with Gasteiger partial charge >= 0.3 is 0 Å². The topological polar surface area (TPSA) is 67.3 Å². The van der Waals surface area contributed by atoms with Crippen LogP contribution >= 0.6 is 11.3 Å². The molecule has 1 amide bonds. The first kappa shape index (κ1) is 22.1. The van der Waals surface area contributed by atoms with Crippen molar-refractivity contribution in [2.75, 3.05) is 25.1 Å². The lowest BCUT2D eigenvalue weighted by molar-refractivity contribution is -0.126. The van der Waals surface area contributed by atoms with Crippen molar-refractivity contribution in [2.24, 2.45) is 5.92 Å². The zero-order valence-electron chi connectivity index (χ0n) is 19.6. The van der Waals surface area contributed by atoms with Crippen LogP contribution in [0.2, 0.25) is 0 Å². The fraction of sp³-hybridized carbons (Fsp3) is 0.500. The Bertz CT molecular complexity index is 1130. The van der Waals surface area contributed by atoms with Crippen LogP contribution in [0.15, 0.2) is 29.6 Å². The number of hydrogen-bond donors (Lipinski definition) is 1. The molecule has 1 N–H and O–H groups in total. The van der Waals surface area contributed by atoms with Crippen LogP contribution in [0, 0.1) is 12.8 Å². The summed E-state index contributed by atoms with van der Waals surface area (Å²) in [6.07, 6.45) is 5.36. The molecule has 6 nitrogen and oxygen atoms in total. The monoisotopic (exact) mass is 464 g/mol. The number of carbonyl (C=O) groups excluding carboxylic acids is 1. The molecule has 1 aliphatic carbocycles. The Balaban J connectivity index is 1.25. The Hall–Kier alpha value is -2.67. The number of aryl methyl sites for hydroxylation is 1. The molecule has 1 saturated carbocycles. The summed E-state index contributed by atoms with van der Waals surface area (Å²) >= 11 is 1.75. The standard InChI is InChI=1S/C26H32N4O2S/c1-16(18-7-9-21(32-3)10-8-18)27-26(31)20-11-13-30(14-12-20)25-23-17(2)33-15-22(23)28-24(29-25)19-5-4-6-19/h7-10,15-16,19-20H,4-6,11-14H2,1-3H3,(H,27,31)/t16-/m1/s1. The van der Waals surface area contributed by atoms with Crippen LogP contribution in [0.5, 0.6) is 5.75 Å². The number of nitrogens with zero attached hydrogens (tertiary/aromatic N) is 3. The smallest absolute Gasteiger partial charge is 0.223 e. The number of ether oxygens (including phenoxy) is 1. The van der Waals surface area contributed by atoms with Gasteiger partial charge in [0, 0.05) is 35.2 Å². The lowest BCUT2D eigenvalue weighted by Crippen LogP contribution is -2.41. The number of nitrogens with one attached hydrogen (secondary N) is 1. The Labute approximate surface area is 199 Å². The summed E-state index contributed by atoms with van der Waals surface area (Å²) in [5.74, 6) is 3.60. The number of rotatable bonds is 6. The molecule has 0 spiro atoms. The first-order valence-corrected chi connectivity index (χ1v) is 12.9. The van der Waals surface area contributed by atoms with Gasteiger partial charge in [0.05, 0.1) is 24.1 Å². The number of fused-ring (bicyclic) bond motifs is 1. The third kappa shape index (κ3) is 4.43. The van der Waals surface area contributed by atoms with Crippen molar-refractivity contribution >= 4 is 34.0 Å². The zero-order valence-corrected chi connectivity index (χ0v) is 20.5. The molecule has 2 aliphatic rings. The molecule has 0 unspecified atom stereocenters. The van der Waals surface area contributed by atoms with Gasteiger partial charge in [-0.1, -0.05) is 18.6 Å². The van der Waals surface area contributed by atoms with E-state index < -0.39 is 0 Å². The molecule has 3 aromatic rings. The highest BCUT2D eigenvalue weighted by atomic mass is 32.1. The van der Waals surface area contributed by atoms with Crippen molar-refractivity contribution in [1.29, 1.82) is 0 Å². The van der Waals surface area contributed by atoms with Crippen LogP contribution in [0.3, 0.4) is 0 Å². The minimum atomic E-state index is -0.0265. The Morgan fingerprint density at radius 3 is 2.52 bits per heavy atom. The van der Waals surface area contributed by atoms with E-state index in [1.54, 1.807) is 18.4 Å². The Morgan fingerprint density at radius 2 is 1.88 bits per heavy atom. The number of methoxy groups -OCH3 is 1. The number of aromatic nitrogens is 2. The van der Waals surface area contributed by atoms with E-state index in [1.807, 2.05) is 31.2 Å². The minimum absolute atomic E-state index is 0.0265. The fourth-order valence-electron chi connectivity index (χ4n) is 4.85. The van der Waals surface area contributed by atoms with Gasteiger partial charge in [0.15, 0.2) is 0 Å². The van der Waals surface area contributed by atoms with Crippen molar-refractivity contribution in [3.63, 3.8) is 0 Å². The average Bonchev–Trinajstić information content (AvgIpc) is 3.18. The number of thiophene rings is 1. The lowest BCUT2D eigenvalue weighted by Gasteiger charge is -2.34. The molecule has 7 heteroatoms. The highest BCUT2D eigenvalue weighted by Gasteiger charge is 2.30. The van der Waals surface area contributed by atoms with E-state index in [1.165, 1.54) is 29.5 Å². The van der Waals surface area contributed by atoms with Gasteiger partial charge in [0.1, 0.15) is 17.4 Å². The van der Waals surface area contributed by atoms with Gasteiger partial charge < -0.3 is 15.0 Å². The third-order valence-electron chi connectivity index (χ3n) is 7.24. The quantitative estimate of drug-likeness (QED) is 0.531. The van der Waals surface area contributed by atoms with Gasteiger partial charge in [0.2, 0.25) is 5.91 Å². The van der Waals surface area contributed by atoms with Crippen LogP contribution in [0.4, 0.5) is 5.82 Å². The first-order chi connectivity index (χ1) is 16.0. The van der Waals surface area contributed by atoms with Gasteiger partial charge in [0.25, 0.3) is 0 Å². The van der Waals surface area contributed by atoms with Crippen LogP contribution in [-0.4, -0.2) is 36.1 Å². The molecule has 2 fully saturated rings. The zero-order chi connectivity index (χ0) is 22.9. The van der Waals surface area contributed by atoms with E-state index in [-0.39, 0.29) is 17.9 Å². The molecule has 2 aromatic heterocycles. The number of piperidine rings is 1. The van der Waals surface area contributed by atoms with Crippen LogP contribution in [0.25, 0.3) is 10.9 Å². The maximum absolute atomic E-state index is 13.0. The predicted molar refractivity (Wildman–Crippen MR) is 133 cm³/mol. The molecular weight excluding hydrogens is 432 g/mol. The highest BCUT2D eigenvalue weighted by molar-refractivity contribution is 7.11. The van der Waals surface area contributed by atoms with Crippen LogP contribution in [-0.2, 0) is 4.79 Å². The van der Waals surface area contributed by atoms with Crippen molar-refractivity contribution in [3.05, 3.63) is 45.9 Å². The summed E-state index contributed by atoms with van der Waals surface area (Å²) in [7, 11) is 1.66. The molecule has 33 heavy (non-hydrogen) atoms. The van der Waals surface area contributed by atoms with Gasteiger partial charge in [-0.05, 0) is 57.2 Å². The summed E-state index contributed by atoms with van der Waals surface area (Å²) < 4.78 is 5.23. The second-order valence-electron chi connectivity index (χ2n) is 9.35. The van der Waals surface area contributed by atoms with E-state index >= 15 is 0 Å². The van der Waals surface area contributed by atoms with Crippen molar-refractivity contribution in [3.8, 4) is 5.75 Å². The van der Waals surface area contributed by atoms with Crippen LogP contribution in [0.1, 0.15) is 67.3 Å². The van der Waals surface area contributed by atoms with Crippen molar-refractivity contribution in [1.82, 2.24) is 15.3 Å². The summed E-state index contributed by atoms with van der Waals surface area (Å²) in [6.45, 7) is 5.89. The Morgan fingerprint density at radius 1 is 1.15 bits per heavy atom. The number of anilines is 1. The van der Waals surface area contributed by atoms with Crippen molar-refractivity contribution in [2.45, 2.75) is 57.9 Å². The number of benzene rings is 1. The third-order valence-corrected chi connectivity index (χ3v) is 8.14. The molecule has 1 atom stereocenters. The van der Waals surface area contributed by atoms with Gasteiger partial charge in [-0.2, -0.15) is 0 Å². The Kier molecular flexibility index (Phi) is 6.23. The lowest BCUT2D eigenvalue weighted by atomic mass is 9.85.